The minimum atomic E-state index is -3.78. The van der Waals surface area contributed by atoms with E-state index in [1.54, 1.807) is 30.3 Å². The van der Waals surface area contributed by atoms with Crippen molar-refractivity contribution in [1.29, 1.82) is 0 Å². The highest BCUT2D eigenvalue weighted by atomic mass is 32.2. The number of aromatic nitrogens is 1. The topological polar surface area (TPSA) is 109 Å². The van der Waals surface area contributed by atoms with E-state index in [9.17, 15) is 13.2 Å². The second-order valence-corrected chi connectivity index (χ2v) is 8.69. The van der Waals surface area contributed by atoms with E-state index >= 15 is 0 Å². The molecule has 2 aliphatic rings. The molecule has 2 aromatic rings. The Hall–Kier alpha value is -2.03. The average molecular weight is 362 g/mol. The maximum atomic E-state index is 13.2. The molecule has 2 saturated heterocycles. The van der Waals surface area contributed by atoms with Crippen molar-refractivity contribution in [3.05, 3.63) is 36.0 Å². The normalized spacial score (nSPS) is 29.0. The van der Waals surface area contributed by atoms with Crippen LogP contribution in [0, 0.1) is 12.3 Å². The van der Waals surface area contributed by atoms with Gasteiger partial charge in [0, 0.05) is 11.1 Å². The highest BCUT2D eigenvalue weighted by molar-refractivity contribution is 7.92. The molecule has 0 bridgehead atoms. The first-order valence-electron chi connectivity index (χ1n) is 7.96. The van der Waals surface area contributed by atoms with E-state index in [1.807, 2.05) is 6.92 Å². The number of nitrogens with two attached hydrogens (primary N) is 1. The second kappa shape index (κ2) is 5.48. The third-order valence-corrected chi connectivity index (χ3v) is 7.09. The minimum Gasteiger partial charge on any atom is -0.368 e. The van der Waals surface area contributed by atoms with Gasteiger partial charge in [-0.25, -0.2) is 8.42 Å². The zero-order chi connectivity index (χ0) is 17.8. The number of hydrogen-bond donors (Lipinski definition) is 1. The van der Waals surface area contributed by atoms with Gasteiger partial charge in [-0.1, -0.05) is 6.07 Å². The first-order valence-corrected chi connectivity index (χ1v) is 9.51. The Morgan fingerprint density at radius 1 is 1.24 bits per heavy atom. The summed E-state index contributed by atoms with van der Waals surface area (Å²) in [6.07, 6.45) is -0.507. The van der Waals surface area contributed by atoms with Gasteiger partial charge in [0.05, 0.1) is 29.0 Å². The molecule has 2 fully saturated rings. The number of ether oxygens (including phenoxy) is 2. The van der Waals surface area contributed by atoms with Gasteiger partial charge >= 0.3 is 0 Å². The Kier molecular flexibility index (Phi) is 3.61. The Bertz CT molecular complexity index is 974. The summed E-state index contributed by atoms with van der Waals surface area (Å²) in [6.45, 7) is 2.24. The molecule has 2 N–H and O–H groups in total. The van der Waals surface area contributed by atoms with Crippen LogP contribution in [0.15, 0.2) is 35.2 Å². The molecule has 0 saturated carbocycles. The van der Waals surface area contributed by atoms with Gasteiger partial charge in [0.25, 0.3) is 0 Å². The molecule has 3 unspecified atom stereocenters. The van der Waals surface area contributed by atoms with Crippen molar-refractivity contribution in [3.8, 4) is 0 Å². The smallest absolute Gasteiger partial charge is 0.246 e. The van der Waals surface area contributed by atoms with Crippen molar-refractivity contribution in [1.82, 2.24) is 4.98 Å². The molecule has 1 aromatic carbocycles. The molecule has 7 nitrogen and oxygen atoms in total. The molecule has 8 heteroatoms. The zero-order valence-corrected chi connectivity index (χ0v) is 14.5. The molecule has 132 valence electrons. The van der Waals surface area contributed by atoms with Gasteiger partial charge in [-0.3, -0.25) is 9.78 Å². The number of nitrogens with zero attached hydrogens (tertiary/aromatic N) is 1. The molecule has 25 heavy (non-hydrogen) atoms. The molecule has 4 rings (SSSR count). The molecule has 0 radical (unpaired) electrons. The van der Waals surface area contributed by atoms with Crippen molar-refractivity contribution >= 4 is 26.6 Å². The van der Waals surface area contributed by atoms with Crippen LogP contribution in [0.3, 0.4) is 0 Å². The molecule has 1 spiro atoms. The van der Waals surface area contributed by atoms with Gasteiger partial charge in [0.15, 0.2) is 5.44 Å². The number of carbonyl (C=O) groups is 1. The number of fused-ring (bicyclic) bond motifs is 1. The Labute approximate surface area is 145 Å². The number of hydrogen-bond acceptors (Lipinski definition) is 6. The van der Waals surface area contributed by atoms with E-state index in [4.69, 9.17) is 15.2 Å². The predicted molar refractivity (Wildman–Crippen MR) is 89.4 cm³/mol. The fraction of sp³-hybridized carbons (Fsp3) is 0.412. The van der Waals surface area contributed by atoms with Crippen molar-refractivity contribution < 1.29 is 22.7 Å². The predicted octanol–water partition coefficient (Wildman–Crippen LogP) is 0.934. The number of carbonyl (C=O) groups excluding carboxylic acids is 1. The second-order valence-electron chi connectivity index (χ2n) is 6.73. The lowest BCUT2D eigenvalue weighted by molar-refractivity contribution is -0.140. The molecular formula is C17H18N2O5S. The average Bonchev–Trinajstić information content (AvgIpc) is 3.00. The van der Waals surface area contributed by atoms with Crippen LogP contribution >= 0.6 is 0 Å². The fourth-order valence-electron chi connectivity index (χ4n) is 3.60. The van der Waals surface area contributed by atoms with Crippen LogP contribution in [-0.2, 0) is 24.1 Å². The standard InChI is InChI=1S/C17H18N2O5S/c1-10-5-6-11-12(19-10)3-2-4-14(11)25(21,22)16-17(9-24-16)7-13(15(18)20)23-8-17/h2-6,13,16H,7-9H2,1H3,(H2,18,20). The number of aryl methyl sites for hydroxylation is 1. The summed E-state index contributed by atoms with van der Waals surface area (Å²) in [5.74, 6) is -0.579. The van der Waals surface area contributed by atoms with Crippen molar-refractivity contribution in [2.75, 3.05) is 13.2 Å². The summed E-state index contributed by atoms with van der Waals surface area (Å²) < 4.78 is 37.3. The van der Waals surface area contributed by atoms with E-state index in [0.717, 1.165) is 5.69 Å². The van der Waals surface area contributed by atoms with Gasteiger partial charge in [-0.2, -0.15) is 0 Å². The lowest BCUT2D eigenvalue weighted by atomic mass is 9.83. The van der Waals surface area contributed by atoms with Crippen molar-refractivity contribution in [2.24, 2.45) is 11.1 Å². The summed E-state index contributed by atoms with van der Waals surface area (Å²) in [7, 11) is -3.78. The van der Waals surface area contributed by atoms with Crippen LogP contribution in [0.5, 0.6) is 0 Å². The van der Waals surface area contributed by atoms with E-state index in [-0.39, 0.29) is 24.5 Å². The molecule has 0 aliphatic carbocycles. The molecule has 1 amide bonds. The molecule has 2 aliphatic heterocycles. The number of rotatable bonds is 3. The molecule has 3 atom stereocenters. The van der Waals surface area contributed by atoms with Crippen LogP contribution < -0.4 is 5.73 Å². The highest BCUT2D eigenvalue weighted by Crippen LogP contribution is 2.49. The Balaban J connectivity index is 1.75. The molecular weight excluding hydrogens is 344 g/mol. The maximum absolute atomic E-state index is 13.2. The minimum absolute atomic E-state index is 0.145. The van der Waals surface area contributed by atoms with Crippen molar-refractivity contribution in [3.63, 3.8) is 0 Å². The first kappa shape index (κ1) is 16.4. The number of pyridine rings is 1. The van der Waals surface area contributed by atoms with Gasteiger partial charge in [-0.05, 0) is 37.6 Å². The lowest BCUT2D eigenvalue weighted by Crippen LogP contribution is -2.56. The maximum Gasteiger partial charge on any atom is 0.246 e. The van der Waals surface area contributed by atoms with Crippen LogP contribution in [0.2, 0.25) is 0 Å². The van der Waals surface area contributed by atoms with Gasteiger partial charge in [-0.15, -0.1) is 0 Å². The van der Waals surface area contributed by atoms with Crippen molar-refractivity contribution in [2.45, 2.75) is 29.8 Å². The van der Waals surface area contributed by atoms with E-state index in [2.05, 4.69) is 4.98 Å². The number of benzene rings is 1. The first-order chi connectivity index (χ1) is 11.8. The molecule has 1 aromatic heterocycles. The molecule has 3 heterocycles. The van der Waals surface area contributed by atoms with Gasteiger partial charge < -0.3 is 15.2 Å². The van der Waals surface area contributed by atoms with Gasteiger partial charge in [0.2, 0.25) is 15.7 Å². The third-order valence-electron chi connectivity index (χ3n) is 4.92. The lowest BCUT2D eigenvalue weighted by Gasteiger charge is -2.44. The largest absolute Gasteiger partial charge is 0.368 e. The van der Waals surface area contributed by atoms with Crippen LogP contribution in [0.4, 0.5) is 0 Å². The van der Waals surface area contributed by atoms with E-state index in [0.29, 0.717) is 10.9 Å². The summed E-state index contributed by atoms with van der Waals surface area (Å²) in [5.41, 5.74) is 4.95. The summed E-state index contributed by atoms with van der Waals surface area (Å²) in [5, 5.41) is 0.559. The number of primary amides is 1. The van der Waals surface area contributed by atoms with Crippen LogP contribution in [0.25, 0.3) is 10.9 Å². The third kappa shape index (κ3) is 2.44. The quantitative estimate of drug-likeness (QED) is 0.870. The summed E-state index contributed by atoms with van der Waals surface area (Å²) >= 11 is 0. The van der Waals surface area contributed by atoms with E-state index in [1.165, 1.54) is 0 Å². The fourth-order valence-corrected chi connectivity index (χ4v) is 5.71. The zero-order valence-electron chi connectivity index (χ0n) is 13.6. The number of sulfone groups is 1. The monoisotopic (exact) mass is 362 g/mol. The highest BCUT2D eigenvalue weighted by Gasteiger charge is 2.60. The van der Waals surface area contributed by atoms with Gasteiger partial charge in [0.1, 0.15) is 6.10 Å². The Morgan fingerprint density at radius 2 is 2.00 bits per heavy atom. The van der Waals surface area contributed by atoms with E-state index < -0.39 is 32.7 Å². The SMILES string of the molecule is Cc1ccc2c(S(=O)(=O)C3OCC34COC(C(N)=O)C4)cccc2n1. The summed E-state index contributed by atoms with van der Waals surface area (Å²) in [4.78, 5) is 15.9. The summed E-state index contributed by atoms with van der Waals surface area (Å²) in [6, 6.07) is 8.55. The Morgan fingerprint density at radius 3 is 2.64 bits per heavy atom. The number of amides is 1. The van der Waals surface area contributed by atoms with Crippen LogP contribution in [-0.4, -0.2) is 44.1 Å². The van der Waals surface area contributed by atoms with Crippen LogP contribution in [0.1, 0.15) is 12.1 Å².